The summed E-state index contributed by atoms with van der Waals surface area (Å²) in [5.41, 5.74) is 0.362. The van der Waals surface area contributed by atoms with Crippen LogP contribution in [0, 0.1) is 10.1 Å². The lowest BCUT2D eigenvalue weighted by Gasteiger charge is -2.17. The number of nitro benzene ring substituents is 1. The zero-order valence-corrected chi connectivity index (χ0v) is 10.7. The van der Waals surface area contributed by atoms with Crippen molar-refractivity contribution in [2.24, 2.45) is 4.36 Å². The smallest absolute Gasteiger partial charge is 0.258 e. The lowest BCUT2D eigenvalue weighted by atomic mass is 10.3. The second kappa shape index (κ2) is 4.14. The molecule has 1 aliphatic rings. The zero-order chi connectivity index (χ0) is 11.8. The van der Waals surface area contributed by atoms with E-state index in [0.29, 0.717) is 21.7 Å². The Balaban J connectivity index is 2.46. The first kappa shape index (κ1) is 11.5. The number of non-ortho nitro benzene ring substituents is 1. The van der Waals surface area contributed by atoms with E-state index in [4.69, 9.17) is 0 Å². The van der Waals surface area contributed by atoms with Gasteiger partial charge in [0.15, 0.2) is 0 Å². The lowest BCUT2D eigenvalue weighted by Crippen LogP contribution is -2.22. The number of rotatable bonds is 2. The molecule has 1 saturated heterocycles. The van der Waals surface area contributed by atoms with Crippen molar-refractivity contribution in [2.75, 3.05) is 11.5 Å². The normalized spacial score (nSPS) is 17.6. The van der Waals surface area contributed by atoms with Gasteiger partial charge in [-0.05, 0) is 12.5 Å². The molecule has 7 heteroatoms. The topological polar surface area (TPSA) is 72.6 Å². The van der Waals surface area contributed by atoms with Crippen molar-refractivity contribution < 1.29 is 9.13 Å². The summed E-state index contributed by atoms with van der Waals surface area (Å²) in [7, 11) is -2.12. The zero-order valence-electron chi connectivity index (χ0n) is 8.26. The molecule has 5 nitrogen and oxygen atoms in total. The molecule has 1 aromatic rings. The lowest BCUT2D eigenvalue weighted by molar-refractivity contribution is -0.384. The Morgan fingerprint density at radius 3 is 2.56 bits per heavy atom. The molecule has 0 amide bonds. The quantitative estimate of drug-likeness (QED) is 0.623. The van der Waals surface area contributed by atoms with Crippen molar-refractivity contribution in [3.8, 4) is 0 Å². The van der Waals surface area contributed by atoms with Crippen LogP contribution in [0.25, 0.3) is 0 Å². The van der Waals surface area contributed by atoms with E-state index in [0.717, 1.165) is 6.42 Å². The molecule has 0 radical (unpaired) electrons. The SMILES string of the molecule is O=[N+]([O-])c1cc(Br)cc(N=S2(=O)CCC2)c1. The summed E-state index contributed by atoms with van der Waals surface area (Å²) in [6, 6.07) is 4.38. The van der Waals surface area contributed by atoms with E-state index < -0.39 is 14.7 Å². The van der Waals surface area contributed by atoms with Gasteiger partial charge in [0.1, 0.15) is 0 Å². The Morgan fingerprint density at radius 1 is 1.38 bits per heavy atom. The summed E-state index contributed by atoms with van der Waals surface area (Å²) in [5, 5.41) is 10.6. The molecule has 1 fully saturated rings. The van der Waals surface area contributed by atoms with Gasteiger partial charge in [0.25, 0.3) is 5.69 Å². The van der Waals surface area contributed by atoms with Gasteiger partial charge in [-0.25, -0.2) is 4.21 Å². The molecule has 16 heavy (non-hydrogen) atoms. The van der Waals surface area contributed by atoms with Crippen LogP contribution < -0.4 is 0 Å². The third kappa shape index (κ3) is 2.41. The fourth-order valence-electron chi connectivity index (χ4n) is 1.39. The molecular formula is C9H9BrN2O3S. The monoisotopic (exact) mass is 304 g/mol. The highest BCUT2D eigenvalue weighted by Crippen LogP contribution is 2.29. The van der Waals surface area contributed by atoms with Crippen LogP contribution in [-0.4, -0.2) is 20.6 Å². The molecule has 0 bridgehead atoms. The summed E-state index contributed by atoms with van der Waals surface area (Å²) < 4.78 is 16.5. The molecule has 86 valence electrons. The van der Waals surface area contributed by atoms with E-state index in [-0.39, 0.29) is 5.69 Å². The molecule has 0 aromatic heterocycles. The molecule has 2 rings (SSSR count). The predicted octanol–water partition coefficient (Wildman–Crippen LogP) is 2.86. The number of halogens is 1. The minimum Gasteiger partial charge on any atom is -0.258 e. The highest BCUT2D eigenvalue weighted by molar-refractivity contribution is 9.10. The average Bonchev–Trinajstić information content (AvgIpc) is 2.14. The van der Waals surface area contributed by atoms with Gasteiger partial charge in [-0.2, -0.15) is 4.36 Å². The minimum atomic E-state index is -2.12. The summed E-state index contributed by atoms with van der Waals surface area (Å²) in [5.74, 6) is 1.18. The standard InChI is InChI=1S/C9H9BrN2O3S/c10-7-4-8(6-9(5-7)12(13)14)11-16(15)2-1-3-16/h4-6H,1-3H2. The van der Waals surface area contributed by atoms with Crippen LogP contribution in [0.5, 0.6) is 0 Å². The van der Waals surface area contributed by atoms with E-state index in [1.165, 1.54) is 12.1 Å². The van der Waals surface area contributed by atoms with Gasteiger partial charge in [0.2, 0.25) is 0 Å². The number of nitrogens with zero attached hydrogens (tertiary/aromatic N) is 2. The predicted molar refractivity (Wildman–Crippen MR) is 65.4 cm³/mol. The van der Waals surface area contributed by atoms with Gasteiger partial charge in [-0.15, -0.1) is 0 Å². The van der Waals surface area contributed by atoms with E-state index in [1.807, 2.05) is 0 Å². The largest absolute Gasteiger partial charge is 0.272 e. The maximum atomic E-state index is 11.9. The van der Waals surface area contributed by atoms with Crippen LogP contribution in [0.1, 0.15) is 6.42 Å². The fraction of sp³-hybridized carbons (Fsp3) is 0.333. The molecule has 0 unspecified atom stereocenters. The Morgan fingerprint density at radius 2 is 2.06 bits per heavy atom. The summed E-state index contributed by atoms with van der Waals surface area (Å²) >= 11 is 3.17. The molecule has 0 saturated carbocycles. The molecule has 0 atom stereocenters. The summed E-state index contributed by atoms with van der Waals surface area (Å²) in [6.07, 6.45) is 0.915. The van der Waals surface area contributed by atoms with E-state index >= 15 is 0 Å². The van der Waals surface area contributed by atoms with E-state index in [1.54, 1.807) is 6.07 Å². The second-order valence-electron chi connectivity index (χ2n) is 3.55. The van der Waals surface area contributed by atoms with E-state index in [2.05, 4.69) is 20.3 Å². The molecule has 1 heterocycles. The van der Waals surface area contributed by atoms with Gasteiger partial charge in [-0.1, -0.05) is 15.9 Å². The van der Waals surface area contributed by atoms with Crippen LogP contribution in [0.4, 0.5) is 11.4 Å². The minimum absolute atomic E-state index is 0.0459. The molecule has 0 aliphatic carbocycles. The van der Waals surface area contributed by atoms with Crippen LogP contribution in [0.15, 0.2) is 27.0 Å². The molecular weight excluding hydrogens is 296 g/mol. The first-order valence-electron chi connectivity index (χ1n) is 4.66. The first-order chi connectivity index (χ1) is 7.48. The van der Waals surface area contributed by atoms with Gasteiger partial charge in [-0.3, -0.25) is 10.1 Å². The fourth-order valence-corrected chi connectivity index (χ4v) is 3.32. The van der Waals surface area contributed by atoms with Crippen molar-refractivity contribution in [3.05, 3.63) is 32.8 Å². The molecule has 0 spiro atoms. The van der Waals surface area contributed by atoms with Gasteiger partial charge >= 0.3 is 0 Å². The number of hydrogen-bond donors (Lipinski definition) is 0. The second-order valence-corrected chi connectivity index (χ2v) is 7.01. The summed E-state index contributed by atoms with van der Waals surface area (Å²) in [6.45, 7) is 0. The summed E-state index contributed by atoms with van der Waals surface area (Å²) in [4.78, 5) is 10.1. The van der Waals surface area contributed by atoms with E-state index in [9.17, 15) is 14.3 Å². The van der Waals surface area contributed by atoms with Crippen LogP contribution in [-0.2, 0) is 9.73 Å². The van der Waals surface area contributed by atoms with Crippen LogP contribution >= 0.6 is 15.9 Å². The third-order valence-electron chi connectivity index (χ3n) is 2.28. The van der Waals surface area contributed by atoms with Crippen LogP contribution in [0.2, 0.25) is 0 Å². The first-order valence-corrected chi connectivity index (χ1v) is 7.31. The van der Waals surface area contributed by atoms with Crippen molar-refractivity contribution in [1.29, 1.82) is 0 Å². The molecule has 0 N–H and O–H groups in total. The van der Waals surface area contributed by atoms with Gasteiger partial charge in [0.05, 0.1) is 20.3 Å². The number of benzene rings is 1. The number of nitro groups is 1. The Labute approximate surface area is 101 Å². The Hall–Kier alpha value is -0.950. The van der Waals surface area contributed by atoms with Crippen molar-refractivity contribution >= 4 is 37.0 Å². The Kier molecular flexibility index (Phi) is 2.98. The van der Waals surface area contributed by atoms with Crippen molar-refractivity contribution in [3.63, 3.8) is 0 Å². The maximum absolute atomic E-state index is 11.9. The maximum Gasteiger partial charge on any atom is 0.272 e. The average molecular weight is 305 g/mol. The highest BCUT2D eigenvalue weighted by Gasteiger charge is 2.19. The van der Waals surface area contributed by atoms with Gasteiger partial charge in [0, 0.05) is 28.1 Å². The molecule has 1 aromatic carbocycles. The molecule has 1 aliphatic heterocycles. The Bertz CT molecular complexity index is 554. The van der Waals surface area contributed by atoms with Crippen molar-refractivity contribution in [1.82, 2.24) is 0 Å². The van der Waals surface area contributed by atoms with Crippen molar-refractivity contribution in [2.45, 2.75) is 6.42 Å². The highest BCUT2D eigenvalue weighted by atomic mass is 79.9. The van der Waals surface area contributed by atoms with Crippen LogP contribution in [0.3, 0.4) is 0 Å². The third-order valence-corrected chi connectivity index (χ3v) is 5.13. The number of hydrogen-bond acceptors (Lipinski definition) is 4. The van der Waals surface area contributed by atoms with Gasteiger partial charge < -0.3 is 0 Å².